The monoisotopic (exact) mass is 365 g/mol. The number of hydrogen-bond acceptors (Lipinski definition) is 3. The molecule has 2 saturated heterocycles. The highest BCUT2D eigenvalue weighted by Crippen LogP contribution is 2.34. The van der Waals surface area contributed by atoms with Crippen molar-refractivity contribution in [2.45, 2.75) is 37.8 Å². The van der Waals surface area contributed by atoms with Gasteiger partial charge in [0.25, 0.3) is 5.91 Å². The normalized spacial score (nSPS) is 24.4. The Labute approximate surface area is 157 Å². The minimum atomic E-state index is -0.660. The summed E-state index contributed by atoms with van der Waals surface area (Å²) in [5.74, 6) is -0.509. The summed E-state index contributed by atoms with van der Waals surface area (Å²) in [4.78, 5) is 30.2. The molecule has 0 saturated carbocycles. The van der Waals surface area contributed by atoms with E-state index >= 15 is 0 Å². The molecule has 0 spiro atoms. The highest BCUT2D eigenvalue weighted by atomic mass is 16.3. The lowest BCUT2D eigenvalue weighted by atomic mass is 9.86. The predicted molar refractivity (Wildman–Crippen MR) is 104 cm³/mol. The third-order valence-electron chi connectivity index (χ3n) is 5.52. The third kappa shape index (κ3) is 2.77. The number of hydrogen-bond donors (Lipinski definition) is 3. The number of fused-ring (bicyclic) bond motifs is 2. The summed E-state index contributed by atoms with van der Waals surface area (Å²) in [6, 6.07) is 7.27. The second-order valence-electron chi connectivity index (χ2n) is 7.80. The molecule has 0 radical (unpaired) electrons. The Morgan fingerprint density at radius 1 is 1.30 bits per heavy atom. The van der Waals surface area contributed by atoms with Crippen molar-refractivity contribution in [2.75, 3.05) is 6.54 Å². The number of amides is 2. The number of para-hydroxylation sites is 1. The van der Waals surface area contributed by atoms with Gasteiger partial charge in [-0.05, 0) is 12.1 Å². The third-order valence-corrected chi connectivity index (χ3v) is 5.52. The number of rotatable bonds is 3. The van der Waals surface area contributed by atoms with Gasteiger partial charge in [-0.15, -0.1) is 6.58 Å². The highest BCUT2D eigenvalue weighted by molar-refractivity contribution is 6.09. The lowest BCUT2D eigenvalue weighted by Gasteiger charge is -2.30. The summed E-state index contributed by atoms with van der Waals surface area (Å²) in [7, 11) is 0. The topological polar surface area (TPSA) is 85.4 Å². The number of allylic oxidation sites excluding steroid dienone is 1. The Morgan fingerprint density at radius 3 is 2.78 bits per heavy atom. The van der Waals surface area contributed by atoms with Gasteiger partial charge in [-0.3, -0.25) is 9.59 Å². The Balaban J connectivity index is 1.85. The van der Waals surface area contributed by atoms with Crippen molar-refractivity contribution >= 4 is 28.8 Å². The number of aliphatic hydroxyl groups excluding tert-OH is 1. The Bertz CT molecular complexity index is 986. The lowest BCUT2D eigenvalue weighted by molar-refractivity contribution is -0.140. The predicted octanol–water partition coefficient (Wildman–Crippen LogP) is 2.06. The standard InChI is InChI=1S/C21H23N3O3/c1-4-21(2,3)18-14(13-7-5-6-8-15(13)22-18)10-16-20(27)24-11-12(25)9-17(24)19(26)23-16/h4-8,10,12,17,22,25H,1,9,11H2,2-3H3,(H,23,26)/t12-,17-/m0/s1. The second kappa shape index (κ2) is 6.09. The van der Waals surface area contributed by atoms with Crippen LogP contribution in [0.1, 0.15) is 31.5 Å². The van der Waals surface area contributed by atoms with Crippen LogP contribution in [0, 0.1) is 0 Å². The fraction of sp³-hybridized carbons (Fsp3) is 0.333. The first-order chi connectivity index (χ1) is 12.8. The van der Waals surface area contributed by atoms with E-state index in [0.717, 1.165) is 22.2 Å². The van der Waals surface area contributed by atoms with Gasteiger partial charge < -0.3 is 20.3 Å². The number of carbonyl (C=O) groups excluding carboxylic acids is 2. The van der Waals surface area contributed by atoms with E-state index in [9.17, 15) is 14.7 Å². The fourth-order valence-electron chi connectivity index (χ4n) is 3.88. The maximum Gasteiger partial charge on any atom is 0.271 e. The molecule has 2 aliphatic heterocycles. The molecule has 6 heteroatoms. The average Bonchev–Trinajstić information content (AvgIpc) is 3.21. The van der Waals surface area contributed by atoms with Crippen LogP contribution in [0.5, 0.6) is 0 Å². The molecule has 140 valence electrons. The van der Waals surface area contributed by atoms with Gasteiger partial charge in [0.2, 0.25) is 5.91 Å². The molecule has 1 aromatic heterocycles. The van der Waals surface area contributed by atoms with Gasteiger partial charge in [0.1, 0.15) is 11.7 Å². The van der Waals surface area contributed by atoms with E-state index in [-0.39, 0.29) is 35.9 Å². The molecule has 3 N–H and O–H groups in total. The summed E-state index contributed by atoms with van der Waals surface area (Å²) >= 11 is 0. The van der Waals surface area contributed by atoms with Crippen molar-refractivity contribution in [3.05, 3.63) is 53.9 Å². The first-order valence-corrected chi connectivity index (χ1v) is 9.08. The molecule has 2 aliphatic rings. The number of aliphatic hydroxyl groups is 1. The molecule has 6 nitrogen and oxygen atoms in total. The van der Waals surface area contributed by atoms with Crippen LogP contribution < -0.4 is 5.32 Å². The minimum absolute atomic E-state index is 0.188. The molecule has 0 aliphatic carbocycles. The number of nitrogens with zero attached hydrogens (tertiary/aromatic N) is 1. The second-order valence-corrected chi connectivity index (χ2v) is 7.80. The number of aromatic amines is 1. The Morgan fingerprint density at radius 2 is 2.04 bits per heavy atom. The van der Waals surface area contributed by atoms with Crippen LogP contribution in [0.15, 0.2) is 42.6 Å². The molecule has 0 unspecified atom stereocenters. The van der Waals surface area contributed by atoms with Crippen LogP contribution in [-0.2, 0) is 15.0 Å². The number of carbonyl (C=O) groups is 2. The zero-order chi connectivity index (χ0) is 19.3. The molecule has 2 aromatic rings. The first kappa shape index (κ1) is 17.5. The van der Waals surface area contributed by atoms with E-state index in [0.29, 0.717) is 0 Å². The van der Waals surface area contributed by atoms with Gasteiger partial charge in [-0.1, -0.05) is 38.1 Å². The van der Waals surface area contributed by atoms with E-state index in [2.05, 4.69) is 16.9 Å². The van der Waals surface area contributed by atoms with E-state index < -0.39 is 12.1 Å². The van der Waals surface area contributed by atoms with Gasteiger partial charge >= 0.3 is 0 Å². The molecular weight excluding hydrogens is 342 g/mol. The number of benzene rings is 1. The molecule has 2 atom stereocenters. The maximum absolute atomic E-state index is 12.9. The maximum atomic E-state index is 12.9. The highest BCUT2D eigenvalue weighted by Gasteiger charge is 2.44. The fourth-order valence-corrected chi connectivity index (χ4v) is 3.88. The van der Waals surface area contributed by atoms with Crippen molar-refractivity contribution in [2.24, 2.45) is 0 Å². The minimum Gasteiger partial charge on any atom is -0.391 e. The van der Waals surface area contributed by atoms with Crippen molar-refractivity contribution in [1.29, 1.82) is 0 Å². The summed E-state index contributed by atoms with van der Waals surface area (Å²) in [6.45, 7) is 8.20. The van der Waals surface area contributed by atoms with Crippen LogP contribution in [0.2, 0.25) is 0 Å². The smallest absolute Gasteiger partial charge is 0.271 e. The number of nitrogens with one attached hydrogen (secondary N) is 2. The Kier molecular flexibility index (Phi) is 3.96. The van der Waals surface area contributed by atoms with Crippen LogP contribution in [0.4, 0.5) is 0 Å². The number of H-pyrrole nitrogens is 1. The first-order valence-electron chi connectivity index (χ1n) is 9.08. The molecule has 0 bridgehead atoms. The van der Waals surface area contributed by atoms with Gasteiger partial charge in [0.05, 0.1) is 6.10 Å². The molecular formula is C21H23N3O3. The molecule has 2 fully saturated rings. The average molecular weight is 365 g/mol. The lowest BCUT2D eigenvalue weighted by Crippen LogP contribution is -2.54. The largest absolute Gasteiger partial charge is 0.391 e. The molecule has 1 aromatic carbocycles. The summed E-state index contributed by atoms with van der Waals surface area (Å²) in [5, 5.41) is 13.6. The van der Waals surface area contributed by atoms with E-state index in [1.807, 2.05) is 44.2 Å². The Hall–Kier alpha value is -2.86. The van der Waals surface area contributed by atoms with Gasteiger partial charge in [-0.2, -0.15) is 0 Å². The zero-order valence-electron chi connectivity index (χ0n) is 15.5. The van der Waals surface area contributed by atoms with Crippen LogP contribution in [0.25, 0.3) is 17.0 Å². The van der Waals surface area contributed by atoms with Crippen LogP contribution in [0.3, 0.4) is 0 Å². The van der Waals surface area contributed by atoms with Crippen LogP contribution >= 0.6 is 0 Å². The number of piperazine rings is 1. The van der Waals surface area contributed by atoms with Crippen molar-refractivity contribution in [1.82, 2.24) is 15.2 Å². The summed E-state index contributed by atoms with van der Waals surface area (Å²) in [6.07, 6.45) is 3.22. The van der Waals surface area contributed by atoms with Gasteiger partial charge in [0.15, 0.2) is 0 Å². The van der Waals surface area contributed by atoms with Crippen LogP contribution in [-0.4, -0.2) is 45.5 Å². The molecule has 4 rings (SSSR count). The van der Waals surface area contributed by atoms with E-state index in [1.165, 1.54) is 4.90 Å². The molecule has 3 heterocycles. The van der Waals surface area contributed by atoms with Gasteiger partial charge in [0, 0.05) is 40.5 Å². The van der Waals surface area contributed by atoms with Crippen molar-refractivity contribution < 1.29 is 14.7 Å². The quantitative estimate of drug-likeness (QED) is 0.575. The molecule has 2 amide bonds. The van der Waals surface area contributed by atoms with Crippen molar-refractivity contribution in [3.63, 3.8) is 0 Å². The summed E-state index contributed by atoms with van der Waals surface area (Å²) < 4.78 is 0. The SMILES string of the molecule is C=CC(C)(C)c1[nH]c2ccccc2c1C=C1NC(=O)[C@@H]2C[C@H](O)CN2C1=O. The van der Waals surface area contributed by atoms with Gasteiger partial charge in [-0.25, -0.2) is 0 Å². The summed E-state index contributed by atoms with van der Waals surface area (Å²) in [5.41, 5.74) is 2.63. The molecule has 27 heavy (non-hydrogen) atoms. The number of aromatic nitrogens is 1. The van der Waals surface area contributed by atoms with E-state index in [1.54, 1.807) is 6.08 Å². The zero-order valence-corrected chi connectivity index (χ0v) is 15.5. The van der Waals surface area contributed by atoms with E-state index in [4.69, 9.17) is 0 Å². The van der Waals surface area contributed by atoms with Crippen molar-refractivity contribution in [3.8, 4) is 0 Å².